The van der Waals surface area contributed by atoms with Gasteiger partial charge in [0.1, 0.15) is 0 Å². The maximum atomic E-state index is 9.96. The Balaban J connectivity index is 1.47. The largest absolute Gasteiger partial charge is 0.494 e. The summed E-state index contributed by atoms with van der Waals surface area (Å²) in [6.07, 6.45) is 10.7. The molecule has 0 bridgehead atoms. The Morgan fingerprint density at radius 3 is 2.52 bits per heavy atom. The number of anilines is 1. The van der Waals surface area contributed by atoms with E-state index in [0.717, 1.165) is 29.9 Å². The standard InChI is InChI=1S/C20H23N7O2/c28-15-8-12(18(29)23-15)7-13-9-21-27-17(13)25-19(26-20(27)22-14-5-6-14)24-16(10-1-2-10)11-3-4-11/h7-11,14,16,23,28-29H,1-6H2,(H,22,24,26). The van der Waals surface area contributed by atoms with Gasteiger partial charge in [-0.3, -0.25) is 4.98 Å². The smallest absolute Gasteiger partial charge is 0.251 e. The third kappa shape index (κ3) is 3.30. The van der Waals surface area contributed by atoms with Crippen LogP contribution in [0.4, 0.5) is 5.95 Å². The molecular formula is C20H23N7O2. The van der Waals surface area contributed by atoms with E-state index in [0.29, 0.717) is 34.9 Å². The molecule has 0 atom stereocenters. The Hall–Kier alpha value is -3.10. The van der Waals surface area contributed by atoms with E-state index in [4.69, 9.17) is 9.98 Å². The van der Waals surface area contributed by atoms with Crippen molar-refractivity contribution in [1.82, 2.24) is 24.6 Å². The first-order valence-electron chi connectivity index (χ1n) is 10.3. The van der Waals surface area contributed by atoms with E-state index in [2.05, 4.69) is 20.4 Å². The van der Waals surface area contributed by atoms with Gasteiger partial charge < -0.3 is 15.5 Å². The monoisotopic (exact) mass is 393 g/mol. The lowest BCUT2D eigenvalue weighted by Gasteiger charge is -2.17. The van der Waals surface area contributed by atoms with Gasteiger partial charge in [-0.05, 0) is 56.4 Å². The van der Waals surface area contributed by atoms with E-state index < -0.39 is 0 Å². The lowest BCUT2D eigenvalue weighted by atomic mass is 10.1. The first kappa shape index (κ1) is 16.8. The van der Waals surface area contributed by atoms with Crippen LogP contribution >= 0.6 is 0 Å². The maximum Gasteiger partial charge on any atom is 0.251 e. The van der Waals surface area contributed by atoms with E-state index in [-0.39, 0.29) is 11.8 Å². The molecule has 0 amide bonds. The molecule has 0 unspecified atom stereocenters. The molecule has 4 N–H and O–H groups in total. The summed E-state index contributed by atoms with van der Waals surface area (Å²) in [4.78, 5) is 16.6. The Kier molecular flexibility index (Phi) is 3.60. The van der Waals surface area contributed by atoms with Crippen molar-refractivity contribution >= 4 is 17.7 Å². The Morgan fingerprint density at radius 2 is 1.90 bits per heavy atom. The average molecular weight is 393 g/mol. The van der Waals surface area contributed by atoms with Crippen LogP contribution in [0.5, 0.6) is 11.8 Å². The molecule has 3 heterocycles. The van der Waals surface area contributed by atoms with Crippen molar-refractivity contribution in [2.24, 2.45) is 16.8 Å². The summed E-state index contributed by atoms with van der Waals surface area (Å²) in [6, 6.07) is 2.21. The highest BCUT2D eigenvalue weighted by molar-refractivity contribution is 5.61. The number of H-pyrrole nitrogens is 1. The molecule has 6 rings (SSSR count). The van der Waals surface area contributed by atoms with Crippen LogP contribution in [0.15, 0.2) is 17.3 Å². The number of nitrogens with one attached hydrogen (secondary N) is 2. The van der Waals surface area contributed by atoms with E-state index in [9.17, 15) is 10.2 Å². The predicted molar refractivity (Wildman–Crippen MR) is 105 cm³/mol. The van der Waals surface area contributed by atoms with E-state index in [1.807, 2.05) is 0 Å². The van der Waals surface area contributed by atoms with Gasteiger partial charge in [-0.2, -0.15) is 19.6 Å². The summed E-state index contributed by atoms with van der Waals surface area (Å²) in [5.41, 5.74) is 1.67. The number of fused-ring (bicyclic) bond motifs is 1. The molecule has 3 aliphatic rings. The molecule has 0 spiro atoms. The minimum absolute atomic E-state index is 0.0941. The SMILES string of the molecule is Oc1cc(C=c2cnn3c(=NC4CC4)nc(NC(C4CC4)C4CC4)nc23)c(O)[nH]1. The maximum absolute atomic E-state index is 9.96. The Bertz CT molecular complexity index is 1190. The van der Waals surface area contributed by atoms with Crippen LogP contribution in [0.25, 0.3) is 11.7 Å². The fraction of sp³-hybridized carbons (Fsp3) is 0.500. The van der Waals surface area contributed by atoms with Gasteiger partial charge in [0, 0.05) is 22.9 Å². The van der Waals surface area contributed by atoms with Crippen LogP contribution in [0.3, 0.4) is 0 Å². The minimum Gasteiger partial charge on any atom is -0.494 e. The zero-order chi connectivity index (χ0) is 19.5. The second-order valence-electron chi connectivity index (χ2n) is 8.49. The topological polar surface area (TPSA) is 124 Å². The molecule has 0 radical (unpaired) electrons. The van der Waals surface area contributed by atoms with Crippen molar-refractivity contribution in [2.75, 3.05) is 5.32 Å². The summed E-state index contributed by atoms with van der Waals surface area (Å²) in [5, 5.41) is 28.3. The van der Waals surface area contributed by atoms with Gasteiger partial charge in [-0.1, -0.05) is 0 Å². The van der Waals surface area contributed by atoms with Gasteiger partial charge in [-0.25, -0.2) is 4.99 Å². The Labute approximate surface area is 166 Å². The molecule has 3 fully saturated rings. The van der Waals surface area contributed by atoms with Crippen molar-refractivity contribution in [2.45, 2.75) is 50.6 Å². The molecule has 3 aromatic rings. The number of aromatic hydroxyl groups is 2. The van der Waals surface area contributed by atoms with Gasteiger partial charge in [0.15, 0.2) is 17.4 Å². The summed E-state index contributed by atoms with van der Waals surface area (Å²) in [6.45, 7) is 0. The first-order chi connectivity index (χ1) is 14.1. The summed E-state index contributed by atoms with van der Waals surface area (Å²) in [5.74, 6) is 1.85. The normalized spacial score (nSPS) is 20.9. The Morgan fingerprint density at radius 1 is 1.14 bits per heavy atom. The molecule has 0 aromatic carbocycles. The van der Waals surface area contributed by atoms with Gasteiger partial charge in [0.2, 0.25) is 5.95 Å². The zero-order valence-corrected chi connectivity index (χ0v) is 15.9. The molecule has 29 heavy (non-hydrogen) atoms. The minimum atomic E-state index is -0.0975. The molecule has 9 heteroatoms. The van der Waals surface area contributed by atoms with Crippen LogP contribution in [-0.4, -0.2) is 46.9 Å². The number of aromatic amines is 1. The lowest BCUT2D eigenvalue weighted by molar-refractivity contribution is 0.425. The van der Waals surface area contributed by atoms with Crippen molar-refractivity contribution in [3.63, 3.8) is 0 Å². The first-order valence-corrected chi connectivity index (χ1v) is 10.3. The number of hydrogen-bond acceptors (Lipinski definition) is 7. The van der Waals surface area contributed by atoms with Crippen molar-refractivity contribution < 1.29 is 10.2 Å². The van der Waals surface area contributed by atoms with Crippen LogP contribution in [0, 0.1) is 11.8 Å². The summed E-state index contributed by atoms with van der Waals surface area (Å²) < 4.78 is 1.65. The van der Waals surface area contributed by atoms with Crippen LogP contribution in [0.1, 0.15) is 44.1 Å². The van der Waals surface area contributed by atoms with Gasteiger partial charge in [-0.15, -0.1) is 0 Å². The van der Waals surface area contributed by atoms with Crippen LogP contribution < -0.4 is 16.2 Å². The molecule has 3 saturated carbocycles. The second kappa shape index (κ2) is 6.20. The fourth-order valence-corrected chi connectivity index (χ4v) is 3.90. The van der Waals surface area contributed by atoms with Crippen molar-refractivity contribution in [3.8, 4) is 11.8 Å². The van der Waals surface area contributed by atoms with Gasteiger partial charge in [0.05, 0.1) is 12.2 Å². The summed E-state index contributed by atoms with van der Waals surface area (Å²) >= 11 is 0. The fourth-order valence-electron chi connectivity index (χ4n) is 3.90. The van der Waals surface area contributed by atoms with E-state index >= 15 is 0 Å². The third-order valence-corrected chi connectivity index (χ3v) is 5.90. The number of nitrogens with zero attached hydrogens (tertiary/aromatic N) is 5. The number of aromatic nitrogens is 5. The number of rotatable bonds is 6. The molecule has 0 saturated heterocycles. The van der Waals surface area contributed by atoms with E-state index in [1.165, 1.54) is 31.7 Å². The van der Waals surface area contributed by atoms with Gasteiger partial charge >= 0.3 is 0 Å². The number of hydrogen-bond donors (Lipinski definition) is 4. The lowest BCUT2D eigenvalue weighted by Crippen LogP contribution is -2.30. The third-order valence-electron chi connectivity index (χ3n) is 5.90. The highest BCUT2D eigenvalue weighted by atomic mass is 16.3. The molecule has 3 aromatic heterocycles. The second-order valence-corrected chi connectivity index (χ2v) is 8.49. The molecular weight excluding hydrogens is 370 g/mol. The van der Waals surface area contributed by atoms with E-state index in [1.54, 1.807) is 16.8 Å². The zero-order valence-electron chi connectivity index (χ0n) is 15.9. The highest BCUT2D eigenvalue weighted by Gasteiger charge is 2.41. The molecule has 150 valence electrons. The molecule has 9 nitrogen and oxygen atoms in total. The quantitative estimate of drug-likeness (QED) is 0.497. The van der Waals surface area contributed by atoms with Crippen LogP contribution in [-0.2, 0) is 0 Å². The molecule has 3 aliphatic carbocycles. The van der Waals surface area contributed by atoms with Crippen molar-refractivity contribution in [3.05, 3.63) is 28.7 Å². The van der Waals surface area contributed by atoms with Crippen LogP contribution in [0.2, 0.25) is 0 Å². The molecule has 0 aliphatic heterocycles. The highest BCUT2D eigenvalue weighted by Crippen LogP contribution is 2.45. The summed E-state index contributed by atoms with van der Waals surface area (Å²) in [7, 11) is 0. The average Bonchev–Trinajstić information content (AvgIpc) is 3.56. The van der Waals surface area contributed by atoms with Gasteiger partial charge in [0.25, 0.3) is 5.62 Å². The predicted octanol–water partition coefficient (Wildman–Crippen LogP) is 1.07. The van der Waals surface area contributed by atoms with Crippen molar-refractivity contribution in [1.29, 1.82) is 0 Å².